The molecule has 0 bridgehead atoms. The Labute approximate surface area is 170 Å². The molecule has 0 aliphatic carbocycles. The summed E-state index contributed by atoms with van der Waals surface area (Å²) in [4.78, 5) is 14.6. The first-order chi connectivity index (χ1) is 12.1. The lowest BCUT2D eigenvalue weighted by Gasteiger charge is -2.16. The molecule has 1 aliphatic rings. The van der Waals surface area contributed by atoms with Crippen molar-refractivity contribution in [3.63, 3.8) is 0 Å². The van der Waals surface area contributed by atoms with Gasteiger partial charge in [0.05, 0.1) is 19.7 Å². The zero-order valence-corrected chi connectivity index (χ0v) is 18.5. The Kier molecular flexibility index (Phi) is 6.75. The van der Waals surface area contributed by atoms with E-state index in [-0.39, 0.29) is 5.91 Å². The number of halogens is 2. The largest absolute Gasteiger partial charge is 0.304 e. The summed E-state index contributed by atoms with van der Waals surface area (Å²) in [7, 11) is 0. The quantitative estimate of drug-likeness (QED) is 0.359. The molecular formula is C20H23Br2NOS. The summed E-state index contributed by atoms with van der Waals surface area (Å²) in [6.45, 7) is 2.90. The van der Waals surface area contributed by atoms with Gasteiger partial charge in [-0.05, 0) is 62.4 Å². The molecule has 1 aliphatic heterocycles. The highest BCUT2D eigenvalue weighted by molar-refractivity contribution is 9.12. The lowest BCUT2D eigenvalue weighted by Crippen LogP contribution is -2.23. The number of aryl methyl sites for hydroxylation is 1. The van der Waals surface area contributed by atoms with Crippen LogP contribution in [0.15, 0.2) is 31.8 Å². The first kappa shape index (κ1) is 19.1. The molecule has 134 valence electrons. The molecule has 0 fully saturated rings. The second-order valence-electron chi connectivity index (χ2n) is 6.58. The van der Waals surface area contributed by atoms with E-state index < -0.39 is 0 Å². The standard InChI is InChI=1S/C20H23Br2NOS/c1-2-3-4-5-6-7-8-14-9-11-15(12-10-14)23-13-16-17(20(23)24)19(22)25-18(16)21/h9-12H,2-8,13H2,1H3. The number of carbonyl (C=O) groups is 1. The summed E-state index contributed by atoms with van der Waals surface area (Å²) in [5.74, 6) is 0.0903. The monoisotopic (exact) mass is 483 g/mol. The molecule has 1 aromatic heterocycles. The maximum absolute atomic E-state index is 12.7. The van der Waals surface area contributed by atoms with Crippen LogP contribution in [0.2, 0.25) is 0 Å². The van der Waals surface area contributed by atoms with E-state index >= 15 is 0 Å². The van der Waals surface area contributed by atoms with Crippen molar-refractivity contribution in [2.45, 2.75) is 58.4 Å². The molecule has 0 unspecified atom stereocenters. The van der Waals surface area contributed by atoms with Gasteiger partial charge in [-0.3, -0.25) is 4.79 Å². The molecule has 0 saturated heterocycles. The SMILES string of the molecule is CCCCCCCCc1ccc(N2Cc3c(Br)sc(Br)c3C2=O)cc1. The number of unbranched alkanes of at least 4 members (excludes halogenated alkanes) is 5. The van der Waals surface area contributed by atoms with Crippen LogP contribution in [0.1, 0.15) is 66.9 Å². The van der Waals surface area contributed by atoms with Gasteiger partial charge in [-0.2, -0.15) is 0 Å². The summed E-state index contributed by atoms with van der Waals surface area (Å²) >= 11 is 8.66. The zero-order valence-electron chi connectivity index (χ0n) is 14.5. The number of anilines is 1. The minimum Gasteiger partial charge on any atom is -0.304 e. The minimum absolute atomic E-state index is 0.0903. The number of hydrogen-bond acceptors (Lipinski definition) is 2. The first-order valence-corrected chi connectivity index (χ1v) is 11.4. The van der Waals surface area contributed by atoms with E-state index in [1.165, 1.54) is 44.1 Å². The summed E-state index contributed by atoms with van der Waals surface area (Å²) in [6, 6.07) is 8.51. The van der Waals surface area contributed by atoms with Gasteiger partial charge < -0.3 is 4.90 Å². The van der Waals surface area contributed by atoms with Crippen LogP contribution in [0.25, 0.3) is 0 Å². The van der Waals surface area contributed by atoms with E-state index in [2.05, 4.69) is 63.0 Å². The van der Waals surface area contributed by atoms with Crippen molar-refractivity contribution >= 4 is 54.8 Å². The fourth-order valence-electron chi connectivity index (χ4n) is 3.29. The third kappa shape index (κ3) is 4.37. The second kappa shape index (κ2) is 8.83. The average Bonchev–Trinajstić information content (AvgIpc) is 3.09. The highest BCUT2D eigenvalue weighted by atomic mass is 79.9. The number of rotatable bonds is 8. The molecule has 0 saturated carbocycles. The van der Waals surface area contributed by atoms with Gasteiger partial charge in [-0.1, -0.05) is 51.2 Å². The van der Waals surface area contributed by atoms with Gasteiger partial charge in [0.25, 0.3) is 5.91 Å². The van der Waals surface area contributed by atoms with E-state index in [4.69, 9.17) is 0 Å². The Hall–Kier alpha value is -0.650. The van der Waals surface area contributed by atoms with Gasteiger partial charge in [-0.15, -0.1) is 11.3 Å². The predicted molar refractivity (Wildman–Crippen MR) is 114 cm³/mol. The maximum Gasteiger partial charge on any atom is 0.260 e. The summed E-state index contributed by atoms with van der Waals surface area (Å²) in [5, 5.41) is 0. The molecule has 0 atom stereocenters. The van der Waals surface area contributed by atoms with Crippen molar-refractivity contribution in [3.05, 3.63) is 48.5 Å². The molecule has 0 N–H and O–H groups in total. The molecular weight excluding hydrogens is 462 g/mol. The minimum atomic E-state index is 0.0903. The normalized spacial score (nSPS) is 13.6. The Balaban J connectivity index is 1.56. The highest BCUT2D eigenvalue weighted by Gasteiger charge is 2.34. The lowest BCUT2D eigenvalue weighted by molar-refractivity contribution is 0.0996. The average molecular weight is 485 g/mol. The van der Waals surface area contributed by atoms with Crippen LogP contribution in [-0.2, 0) is 13.0 Å². The van der Waals surface area contributed by atoms with E-state index in [1.54, 1.807) is 11.3 Å². The van der Waals surface area contributed by atoms with Crippen molar-refractivity contribution in [1.82, 2.24) is 0 Å². The second-order valence-corrected chi connectivity index (χ2v) is 10.2. The van der Waals surface area contributed by atoms with Crippen LogP contribution >= 0.6 is 43.2 Å². The molecule has 0 radical (unpaired) electrons. The van der Waals surface area contributed by atoms with Crippen LogP contribution < -0.4 is 4.90 Å². The van der Waals surface area contributed by atoms with Gasteiger partial charge >= 0.3 is 0 Å². The highest BCUT2D eigenvalue weighted by Crippen LogP contribution is 2.43. The van der Waals surface area contributed by atoms with Gasteiger partial charge in [0.1, 0.15) is 0 Å². The molecule has 2 heterocycles. The van der Waals surface area contributed by atoms with E-state index in [0.29, 0.717) is 6.54 Å². The van der Waals surface area contributed by atoms with Crippen LogP contribution in [0, 0.1) is 0 Å². The molecule has 3 rings (SSSR count). The first-order valence-electron chi connectivity index (χ1n) is 8.99. The summed E-state index contributed by atoms with van der Waals surface area (Å²) < 4.78 is 1.96. The number of benzene rings is 1. The third-order valence-electron chi connectivity index (χ3n) is 4.76. The fraction of sp³-hybridized carbons (Fsp3) is 0.450. The smallest absolute Gasteiger partial charge is 0.260 e. The Morgan fingerprint density at radius 1 is 1.00 bits per heavy atom. The fourth-order valence-corrected chi connectivity index (χ4v) is 6.40. The number of fused-ring (bicyclic) bond motifs is 1. The number of nitrogens with zero attached hydrogens (tertiary/aromatic N) is 1. The number of thiophene rings is 1. The Morgan fingerprint density at radius 2 is 1.68 bits per heavy atom. The molecule has 2 nitrogen and oxygen atoms in total. The molecule has 2 aromatic rings. The topological polar surface area (TPSA) is 20.3 Å². The maximum atomic E-state index is 12.7. The molecule has 25 heavy (non-hydrogen) atoms. The lowest BCUT2D eigenvalue weighted by atomic mass is 10.0. The number of amides is 1. The van der Waals surface area contributed by atoms with Crippen LogP contribution in [0.3, 0.4) is 0 Å². The summed E-state index contributed by atoms with van der Waals surface area (Å²) in [5.41, 5.74) is 4.25. The van der Waals surface area contributed by atoms with Crippen LogP contribution in [-0.4, -0.2) is 5.91 Å². The van der Waals surface area contributed by atoms with Gasteiger partial charge in [0.2, 0.25) is 0 Å². The van der Waals surface area contributed by atoms with Crippen LogP contribution in [0.4, 0.5) is 5.69 Å². The predicted octanol–water partition coefficient (Wildman–Crippen LogP) is 7.34. The third-order valence-corrected chi connectivity index (χ3v) is 7.41. The number of hydrogen-bond donors (Lipinski definition) is 0. The number of carbonyl (C=O) groups excluding carboxylic acids is 1. The van der Waals surface area contributed by atoms with Crippen molar-refractivity contribution in [3.8, 4) is 0 Å². The van der Waals surface area contributed by atoms with Crippen LogP contribution in [0.5, 0.6) is 0 Å². The molecule has 0 spiro atoms. The van der Waals surface area contributed by atoms with Crippen molar-refractivity contribution < 1.29 is 4.79 Å². The molecule has 1 amide bonds. The van der Waals surface area contributed by atoms with Gasteiger partial charge in [-0.25, -0.2) is 0 Å². The van der Waals surface area contributed by atoms with Crippen molar-refractivity contribution in [2.75, 3.05) is 4.90 Å². The van der Waals surface area contributed by atoms with Gasteiger partial charge in [0.15, 0.2) is 0 Å². The van der Waals surface area contributed by atoms with Gasteiger partial charge in [0, 0.05) is 11.3 Å². The summed E-state index contributed by atoms with van der Waals surface area (Å²) in [6.07, 6.45) is 9.07. The molecule has 1 aromatic carbocycles. The van der Waals surface area contributed by atoms with E-state index in [9.17, 15) is 4.79 Å². The van der Waals surface area contributed by atoms with Crippen molar-refractivity contribution in [1.29, 1.82) is 0 Å². The zero-order chi connectivity index (χ0) is 17.8. The molecule has 5 heteroatoms. The van der Waals surface area contributed by atoms with E-state index in [1.807, 2.05) is 4.90 Å². The van der Waals surface area contributed by atoms with Crippen molar-refractivity contribution in [2.24, 2.45) is 0 Å². The van der Waals surface area contributed by atoms with E-state index in [0.717, 1.165) is 30.8 Å². The Bertz CT molecular complexity index is 739. The Morgan fingerprint density at radius 3 is 2.36 bits per heavy atom.